The van der Waals surface area contributed by atoms with Gasteiger partial charge in [-0.3, -0.25) is 0 Å². The number of fused-ring (bicyclic) bond motifs is 1. The van der Waals surface area contributed by atoms with Crippen LogP contribution in [0.3, 0.4) is 0 Å². The van der Waals surface area contributed by atoms with Crippen LogP contribution in [0.15, 0.2) is 35.7 Å². The number of aryl methyl sites for hydroxylation is 1. The largest absolute Gasteiger partial charge is 0.462 e. The van der Waals surface area contributed by atoms with Gasteiger partial charge in [-0.1, -0.05) is 43.5 Å². The van der Waals surface area contributed by atoms with Crippen molar-refractivity contribution in [3.05, 3.63) is 41.3 Å². The van der Waals surface area contributed by atoms with Crippen LogP contribution in [-0.4, -0.2) is 8.07 Å². The lowest BCUT2D eigenvalue weighted by Crippen LogP contribution is -2.19. The van der Waals surface area contributed by atoms with E-state index in [0.29, 0.717) is 0 Å². The van der Waals surface area contributed by atoms with Crippen LogP contribution in [0.5, 0.6) is 5.75 Å². The third-order valence-electron chi connectivity index (χ3n) is 2.45. The molecule has 1 aliphatic heterocycles. The van der Waals surface area contributed by atoms with Crippen molar-refractivity contribution in [3.8, 4) is 5.75 Å². The van der Waals surface area contributed by atoms with Gasteiger partial charge in [-0.05, 0) is 18.1 Å². The maximum Gasteiger partial charge on any atom is 0.130 e. The highest BCUT2D eigenvalue weighted by Crippen LogP contribution is 2.29. The van der Waals surface area contributed by atoms with E-state index in [1.165, 1.54) is 11.3 Å². The molecule has 0 atom stereocenters. The van der Waals surface area contributed by atoms with Crippen LogP contribution in [0.4, 0.5) is 0 Å². The summed E-state index contributed by atoms with van der Waals surface area (Å²) in [5.74, 6) is 2.22. The van der Waals surface area contributed by atoms with Crippen molar-refractivity contribution in [3.63, 3.8) is 0 Å². The van der Waals surface area contributed by atoms with E-state index in [9.17, 15) is 0 Å². The van der Waals surface area contributed by atoms with E-state index >= 15 is 0 Å². The highest BCUT2D eigenvalue weighted by Gasteiger charge is 2.17. The zero-order chi connectivity index (χ0) is 10.9. The fourth-order valence-electron chi connectivity index (χ4n) is 1.84. The molecule has 0 spiro atoms. The summed E-state index contributed by atoms with van der Waals surface area (Å²) < 4.78 is 5.90. The molecule has 1 heterocycles. The van der Waals surface area contributed by atoms with Crippen LogP contribution in [0, 0.1) is 0 Å². The summed E-state index contributed by atoms with van der Waals surface area (Å²) in [5, 5.41) is 0. The average molecular weight is 218 g/mol. The Bertz CT molecular complexity index is 388. The van der Waals surface area contributed by atoms with Crippen LogP contribution in [0.1, 0.15) is 12.0 Å². The van der Waals surface area contributed by atoms with E-state index in [0.717, 1.165) is 18.6 Å². The predicted molar refractivity (Wildman–Crippen MR) is 66.8 cm³/mol. The van der Waals surface area contributed by atoms with Crippen molar-refractivity contribution in [1.82, 2.24) is 0 Å². The molecular weight excluding hydrogens is 200 g/mol. The average Bonchev–Trinajstić information content (AvgIpc) is 2.15. The lowest BCUT2D eigenvalue weighted by molar-refractivity contribution is 0.379. The van der Waals surface area contributed by atoms with Crippen molar-refractivity contribution in [2.45, 2.75) is 32.5 Å². The summed E-state index contributed by atoms with van der Waals surface area (Å²) in [6.45, 7) is 7.01. The summed E-state index contributed by atoms with van der Waals surface area (Å²) in [5.41, 5.74) is 3.70. The molecule has 2 rings (SSSR count). The van der Waals surface area contributed by atoms with E-state index in [4.69, 9.17) is 4.74 Å². The molecule has 80 valence electrons. The first-order valence-corrected chi connectivity index (χ1v) is 9.10. The fraction of sp³-hybridized carbons (Fsp3) is 0.385. The maximum absolute atomic E-state index is 5.90. The monoisotopic (exact) mass is 218 g/mol. The number of rotatable bonds is 1. The highest BCUT2D eigenvalue weighted by atomic mass is 28.3. The van der Waals surface area contributed by atoms with Gasteiger partial charge >= 0.3 is 0 Å². The maximum atomic E-state index is 5.90. The minimum atomic E-state index is -1.15. The summed E-state index contributed by atoms with van der Waals surface area (Å²) >= 11 is 0. The number of hydrogen-bond acceptors (Lipinski definition) is 1. The quantitative estimate of drug-likeness (QED) is 0.652. The fourth-order valence-corrected chi connectivity index (χ4v) is 3.01. The topological polar surface area (TPSA) is 9.23 Å². The Kier molecular flexibility index (Phi) is 2.70. The Hall–Kier alpha value is -1.02. The summed E-state index contributed by atoms with van der Waals surface area (Å²) in [7, 11) is -1.15. The molecule has 1 aromatic carbocycles. The van der Waals surface area contributed by atoms with Gasteiger partial charge in [-0.25, -0.2) is 0 Å². The van der Waals surface area contributed by atoms with E-state index in [1.54, 1.807) is 0 Å². The zero-order valence-corrected chi connectivity index (χ0v) is 10.7. The Morgan fingerprint density at radius 2 is 1.87 bits per heavy atom. The van der Waals surface area contributed by atoms with Gasteiger partial charge in [0.1, 0.15) is 5.75 Å². The molecule has 0 fully saturated rings. The van der Waals surface area contributed by atoms with Crippen LogP contribution in [0.25, 0.3) is 0 Å². The summed E-state index contributed by atoms with van der Waals surface area (Å²) in [6.07, 6.45) is 2.17. The lowest BCUT2D eigenvalue weighted by atomic mass is 10.1. The highest BCUT2D eigenvalue weighted by molar-refractivity contribution is 6.81. The first-order chi connectivity index (χ1) is 7.04. The molecular formula is C13H18OSi. The lowest BCUT2D eigenvalue weighted by Gasteiger charge is -2.22. The van der Waals surface area contributed by atoms with Crippen molar-refractivity contribution >= 4 is 8.07 Å². The smallest absolute Gasteiger partial charge is 0.130 e. The number of allylic oxidation sites excluding steroid dienone is 1. The third-order valence-corrected chi connectivity index (χ3v) is 3.64. The van der Waals surface area contributed by atoms with Crippen molar-refractivity contribution in [1.29, 1.82) is 0 Å². The molecule has 0 N–H and O–H groups in total. The molecule has 0 saturated carbocycles. The van der Waals surface area contributed by atoms with Gasteiger partial charge in [0.2, 0.25) is 0 Å². The zero-order valence-electron chi connectivity index (χ0n) is 9.71. The van der Waals surface area contributed by atoms with Gasteiger partial charge in [-0.15, -0.1) is 0 Å². The molecule has 2 heteroatoms. The second-order valence-electron chi connectivity index (χ2n) is 5.19. The molecule has 0 amide bonds. The van der Waals surface area contributed by atoms with Crippen molar-refractivity contribution < 1.29 is 4.74 Å². The Morgan fingerprint density at radius 3 is 2.60 bits per heavy atom. The number of hydrogen-bond donors (Lipinski definition) is 0. The van der Waals surface area contributed by atoms with Gasteiger partial charge in [0, 0.05) is 6.42 Å². The van der Waals surface area contributed by atoms with Crippen LogP contribution in [-0.2, 0) is 6.42 Å². The standard InChI is InChI=1S/C13H18OSi/c1-15(2,3)10-12-9-8-11-6-4-5-7-13(11)14-12/h4-7,10H,8-9H2,1-3H3/b12-10-. The second kappa shape index (κ2) is 3.85. The Balaban J connectivity index is 2.23. The van der Waals surface area contributed by atoms with Gasteiger partial charge in [0.25, 0.3) is 0 Å². The van der Waals surface area contributed by atoms with Gasteiger partial charge in [-0.2, -0.15) is 0 Å². The molecule has 15 heavy (non-hydrogen) atoms. The molecule has 0 radical (unpaired) electrons. The third kappa shape index (κ3) is 2.72. The predicted octanol–water partition coefficient (Wildman–Crippen LogP) is 3.77. The van der Waals surface area contributed by atoms with Crippen molar-refractivity contribution in [2.75, 3.05) is 0 Å². The van der Waals surface area contributed by atoms with Crippen LogP contribution >= 0.6 is 0 Å². The molecule has 0 saturated heterocycles. The van der Waals surface area contributed by atoms with Gasteiger partial charge < -0.3 is 4.74 Å². The van der Waals surface area contributed by atoms with E-state index in [-0.39, 0.29) is 0 Å². The molecule has 0 aliphatic carbocycles. The number of para-hydroxylation sites is 1. The van der Waals surface area contributed by atoms with Gasteiger partial charge in [0.05, 0.1) is 13.8 Å². The Labute approximate surface area is 92.8 Å². The molecule has 0 aromatic heterocycles. The number of benzene rings is 1. The minimum absolute atomic E-state index is 1.05. The van der Waals surface area contributed by atoms with E-state index in [2.05, 4.69) is 43.5 Å². The molecule has 1 nitrogen and oxygen atoms in total. The first kappa shape index (κ1) is 10.5. The molecule has 0 bridgehead atoms. The molecule has 1 aromatic rings. The molecule has 0 unspecified atom stereocenters. The number of ether oxygens (including phenoxy) is 1. The Morgan fingerprint density at radius 1 is 1.13 bits per heavy atom. The first-order valence-electron chi connectivity index (χ1n) is 5.52. The normalized spacial score (nSPS) is 18.5. The van der Waals surface area contributed by atoms with E-state index < -0.39 is 8.07 Å². The molecule has 1 aliphatic rings. The van der Waals surface area contributed by atoms with E-state index in [1.807, 2.05) is 6.07 Å². The van der Waals surface area contributed by atoms with Crippen LogP contribution in [0.2, 0.25) is 19.6 Å². The summed E-state index contributed by atoms with van der Waals surface area (Å²) in [4.78, 5) is 0. The SMILES string of the molecule is C[Si](C)(C)/C=C1/CCc2ccccc2O1. The summed E-state index contributed by atoms with van der Waals surface area (Å²) in [6, 6.07) is 8.33. The second-order valence-corrected chi connectivity index (χ2v) is 10.2. The van der Waals surface area contributed by atoms with Crippen molar-refractivity contribution in [2.24, 2.45) is 0 Å². The van der Waals surface area contributed by atoms with Gasteiger partial charge in [0.15, 0.2) is 0 Å². The van der Waals surface area contributed by atoms with Crippen LogP contribution < -0.4 is 4.74 Å². The minimum Gasteiger partial charge on any atom is -0.462 e.